The lowest BCUT2D eigenvalue weighted by Crippen LogP contribution is -2.42. The first kappa shape index (κ1) is 19.2. The summed E-state index contributed by atoms with van der Waals surface area (Å²) in [7, 11) is 2.62. The maximum Gasteiger partial charge on any atom is 0.351 e. The number of benzene rings is 1. The van der Waals surface area contributed by atoms with Crippen molar-refractivity contribution < 1.29 is 0 Å². The SMILES string of the molecule is Cn1nc(-c2c[nH]n(C)c(=O)c2=O)c(=O)n(-c2ccc(Cl)c(Cl)c2Cl)c1=O. The lowest BCUT2D eigenvalue weighted by Gasteiger charge is -2.12. The zero-order chi connectivity index (χ0) is 20.0. The summed E-state index contributed by atoms with van der Waals surface area (Å²) in [5, 5.41) is 6.31. The van der Waals surface area contributed by atoms with Crippen LogP contribution in [0.1, 0.15) is 0 Å². The molecule has 0 radical (unpaired) electrons. The minimum atomic E-state index is -0.953. The zero-order valence-electron chi connectivity index (χ0n) is 13.8. The van der Waals surface area contributed by atoms with E-state index in [0.29, 0.717) is 4.57 Å². The summed E-state index contributed by atoms with van der Waals surface area (Å²) in [6.07, 6.45) is 1.15. The van der Waals surface area contributed by atoms with E-state index in [9.17, 15) is 19.2 Å². The molecule has 0 spiro atoms. The number of aromatic nitrogens is 5. The molecular weight excluding hydrogens is 421 g/mol. The van der Waals surface area contributed by atoms with Gasteiger partial charge < -0.3 is 5.10 Å². The van der Waals surface area contributed by atoms with E-state index in [1.54, 1.807) is 0 Å². The predicted octanol–water partition coefficient (Wildman–Crippen LogP) is 0.945. The molecule has 0 amide bonds. The van der Waals surface area contributed by atoms with Gasteiger partial charge in [-0.25, -0.2) is 14.0 Å². The lowest BCUT2D eigenvalue weighted by molar-refractivity contribution is 0.634. The third kappa shape index (κ3) is 3.03. The van der Waals surface area contributed by atoms with Crippen molar-refractivity contribution >= 4 is 34.8 Å². The van der Waals surface area contributed by atoms with Gasteiger partial charge in [-0.2, -0.15) is 5.10 Å². The number of nitrogens with one attached hydrogen (secondary N) is 1. The molecule has 27 heavy (non-hydrogen) atoms. The highest BCUT2D eigenvalue weighted by molar-refractivity contribution is 6.48. The smallest absolute Gasteiger partial charge is 0.302 e. The van der Waals surface area contributed by atoms with Gasteiger partial charge in [0.1, 0.15) is 0 Å². The van der Waals surface area contributed by atoms with Crippen LogP contribution in [0.4, 0.5) is 0 Å². The number of rotatable bonds is 2. The van der Waals surface area contributed by atoms with E-state index in [1.807, 2.05) is 0 Å². The van der Waals surface area contributed by atoms with Crippen LogP contribution in [-0.4, -0.2) is 24.1 Å². The van der Waals surface area contributed by atoms with Crippen molar-refractivity contribution in [3.8, 4) is 16.9 Å². The van der Waals surface area contributed by atoms with Gasteiger partial charge in [-0.3, -0.25) is 19.1 Å². The molecule has 0 aliphatic rings. The predicted molar refractivity (Wildman–Crippen MR) is 101 cm³/mol. The van der Waals surface area contributed by atoms with Crippen LogP contribution in [0.2, 0.25) is 15.1 Å². The normalized spacial score (nSPS) is 11.0. The summed E-state index contributed by atoms with van der Waals surface area (Å²) < 4.78 is 2.48. The fourth-order valence-corrected chi connectivity index (χ4v) is 2.99. The van der Waals surface area contributed by atoms with Gasteiger partial charge in [-0.05, 0) is 12.1 Å². The Labute approximate surface area is 164 Å². The van der Waals surface area contributed by atoms with Gasteiger partial charge in [-0.1, -0.05) is 34.8 Å². The van der Waals surface area contributed by atoms with Crippen LogP contribution >= 0.6 is 34.8 Å². The Morgan fingerprint density at radius 3 is 2.30 bits per heavy atom. The largest absolute Gasteiger partial charge is 0.351 e. The number of hydrogen-bond acceptors (Lipinski definition) is 5. The number of halogens is 3. The molecule has 1 aromatic carbocycles. The highest BCUT2D eigenvalue weighted by Gasteiger charge is 2.21. The Bertz CT molecular complexity index is 1320. The van der Waals surface area contributed by atoms with E-state index in [4.69, 9.17) is 34.8 Å². The summed E-state index contributed by atoms with van der Waals surface area (Å²) in [6.45, 7) is 0. The second kappa shape index (κ2) is 6.84. The number of H-pyrrole nitrogens is 1. The monoisotopic (exact) mass is 429 g/mol. The van der Waals surface area contributed by atoms with Crippen LogP contribution in [0.25, 0.3) is 16.9 Å². The van der Waals surface area contributed by atoms with Crippen molar-refractivity contribution in [2.45, 2.75) is 0 Å². The zero-order valence-corrected chi connectivity index (χ0v) is 16.1. The molecular formula is C15H10Cl3N5O4. The molecule has 2 heterocycles. The molecule has 140 valence electrons. The molecule has 0 unspecified atom stereocenters. The lowest BCUT2D eigenvalue weighted by atomic mass is 10.2. The molecule has 3 rings (SSSR count). The maximum absolute atomic E-state index is 12.9. The topological polar surface area (TPSA) is 112 Å². The van der Waals surface area contributed by atoms with E-state index in [2.05, 4.69) is 10.2 Å². The summed E-state index contributed by atoms with van der Waals surface area (Å²) in [4.78, 5) is 49.6. The average Bonchev–Trinajstić information content (AvgIpc) is 2.63. The molecule has 9 nitrogen and oxygen atoms in total. The van der Waals surface area contributed by atoms with E-state index >= 15 is 0 Å². The number of nitrogens with zero attached hydrogens (tertiary/aromatic N) is 4. The molecule has 0 fully saturated rings. The van der Waals surface area contributed by atoms with Crippen LogP contribution < -0.4 is 22.2 Å². The van der Waals surface area contributed by atoms with Crippen molar-refractivity contribution in [2.75, 3.05) is 0 Å². The fourth-order valence-electron chi connectivity index (χ4n) is 2.37. The van der Waals surface area contributed by atoms with Gasteiger partial charge in [0.25, 0.3) is 11.0 Å². The van der Waals surface area contributed by atoms with Gasteiger partial charge in [0.2, 0.25) is 0 Å². The Morgan fingerprint density at radius 1 is 0.963 bits per heavy atom. The second-order valence-electron chi connectivity index (χ2n) is 5.47. The first-order valence-electron chi connectivity index (χ1n) is 7.28. The van der Waals surface area contributed by atoms with Gasteiger partial charge >= 0.3 is 11.2 Å². The summed E-state index contributed by atoms with van der Waals surface area (Å²) in [5.41, 5.74) is -4.35. The maximum atomic E-state index is 12.9. The molecule has 0 saturated heterocycles. The Morgan fingerprint density at radius 2 is 1.63 bits per heavy atom. The van der Waals surface area contributed by atoms with Crippen LogP contribution in [0, 0.1) is 0 Å². The van der Waals surface area contributed by atoms with Crippen molar-refractivity contribution in [2.24, 2.45) is 14.1 Å². The average molecular weight is 431 g/mol. The Hall–Kier alpha value is -2.62. The minimum absolute atomic E-state index is 0.0411. The Kier molecular flexibility index (Phi) is 4.85. The fraction of sp³-hybridized carbons (Fsp3) is 0.133. The molecule has 3 aromatic rings. The second-order valence-corrected chi connectivity index (χ2v) is 6.63. The van der Waals surface area contributed by atoms with Gasteiger partial charge in [0.05, 0.1) is 26.3 Å². The van der Waals surface area contributed by atoms with Crippen LogP contribution in [-0.2, 0) is 14.1 Å². The molecule has 2 aromatic heterocycles. The minimum Gasteiger partial charge on any atom is -0.302 e. The van der Waals surface area contributed by atoms with Crippen molar-refractivity contribution in [3.63, 3.8) is 0 Å². The quantitative estimate of drug-likeness (QED) is 0.480. The summed E-state index contributed by atoms with van der Waals surface area (Å²) >= 11 is 18.0. The van der Waals surface area contributed by atoms with Gasteiger partial charge in [0.15, 0.2) is 5.69 Å². The van der Waals surface area contributed by atoms with E-state index in [0.717, 1.165) is 15.6 Å². The van der Waals surface area contributed by atoms with Crippen LogP contribution in [0.5, 0.6) is 0 Å². The summed E-state index contributed by atoms with van der Waals surface area (Å²) in [6, 6.07) is 2.69. The Balaban J connectivity index is 2.45. The van der Waals surface area contributed by atoms with E-state index in [1.165, 1.54) is 26.2 Å². The first-order valence-corrected chi connectivity index (χ1v) is 8.42. The third-order valence-electron chi connectivity index (χ3n) is 3.78. The number of aryl methyl sites for hydroxylation is 2. The molecule has 0 saturated carbocycles. The van der Waals surface area contributed by atoms with Crippen LogP contribution in [0.3, 0.4) is 0 Å². The molecule has 1 N–H and O–H groups in total. The molecule has 0 atom stereocenters. The van der Waals surface area contributed by atoms with E-state index < -0.39 is 27.9 Å². The molecule has 0 aliphatic carbocycles. The first-order chi connectivity index (χ1) is 12.6. The highest BCUT2D eigenvalue weighted by atomic mass is 35.5. The summed E-state index contributed by atoms with van der Waals surface area (Å²) in [5.74, 6) is 0. The molecule has 0 aliphatic heterocycles. The molecule has 12 heteroatoms. The van der Waals surface area contributed by atoms with Crippen molar-refractivity contribution in [1.82, 2.24) is 24.1 Å². The highest BCUT2D eigenvalue weighted by Crippen LogP contribution is 2.33. The van der Waals surface area contributed by atoms with Crippen molar-refractivity contribution in [3.05, 3.63) is 74.8 Å². The van der Waals surface area contributed by atoms with Crippen molar-refractivity contribution in [1.29, 1.82) is 0 Å². The van der Waals surface area contributed by atoms with E-state index in [-0.39, 0.29) is 26.3 Å². The third-order valence-corrected chi connectivity index (χ3v) is 5.06. The molecule has 0 bridgehead atoms. The number of aromatic amines is 1. The van der Waals surface area contributed by atoms with Gasteiger partial charge in [0, 0.05) is 20.3 Å². The van der Waals surface area contributed by atoms with Gasteiger partial charge in [-0.15, -0.1) is 0 Å². The standard InChI is InChI=1S/C15H10Cl3N5O4/c1-21-14(26)12(24)6(5-19-21)11-13(25)23(15(27)22(2)20-11)8-4-3-7(16)9(17)10(8)18/h3-5,19H,1-2H3. The number of hydrogen-bond donors (Lipinski definition) is 1. The van der Waals surface area contributed by atoms with Crippen LogP contribution in [0.15, 0.2) is 37.5 Å².